The zero-order chi connectivity index (χ0) is 33.1. The van der Waals surface area contributed by atoms with Crippen molar-refractivity contribution in [3.63, 3.8) is 0 Å². The minimum absolute atomic E-state index is 0.0671. The maximum Gasteiger partial charge on any atom is 0.338 e. The van der Waals surface area contributed by atoms with Crippen LogP contribution in [0.15, 0.2) is 127 Å². The second kappa shape index (κ2) is 19.2. The van der Waals surface area contributed by atoms with Gasteiger partial charge in [-0.3, -0.25) is 0 Å². The second-order valence-corrected chi connectivity index (χ2v) is 10.1. The smallest absolute Gasteiger partial charge is 0.338 e. The zero-order valence-electron chi connectivity index (χ0n) is 25.5. The monoisotopic (exact) mass is 686 g/mol. The molecule has 0 aromatic heterocycles. The van der Waals surface area contributed by atoms with E-state index >= 15 is 0 Å². The highest BCUT2D eigenvalue weighted by molar-refractivity contribution is 9.08. The van der Waals surface area contributed by atoms with Crippen LogP contribution in [-0.2, 0) is 23.3 Å². The van der Waals surface area contributed by atoms with Gasteiger partial charge < -0.3 is 29.2 Å². The Hall–Kier alpha value is -5.28. The summed E-state index contributed by atoms with van der Waals surface area (Å²) in [5, 5.41) is 18.6. The SMILES string of the molecule is BrCc1ccccc1.COc1cc(C(=O)O)ccc1O.COc1cc(C(=O)OCc2ccccc2)ccc1OCc1ccccc1. The predicted octanol–water partition coefficient (Wildman–Crippen LogP) is 8.31. The van der Waals surface area contributed by atoms with Crippen molar-refractivity contribution in [2.75, 3.05) is 14.2 Å². The Balaban J connectivity index is 0.000000236. The van der Waals surface area contributed by atoms with E-state index in [-0.39, 0.29) is 23.7 Å². The van der Waals surface area contributed by atoms with Crippen molar-refractivity contribution in [3.05, 3.63) is 155 Å². The van der Waals surface area contributed by atoms with Crippen molar-refractivity contribution in [2.24, 2.45) is 0 Å². The van der Waals surface area contributed by atoms with Crippen molar-refractivity contribution >= 4 is 27.9 Å². The van der Waals surface area contributed by atoms with E-state index in [1.165, 1.54) is 30.9 Å². The van der Waals surface area contributed by atoms with Gasteiger partial charge in [-0.2, -0.15) is 0 Å². The first-order valence-corrected chi connectivity index (χ1v) is 15.2. The topological polar surface area (TPSA) is 112 Å². The number of carboxylic acid groups (broad SMARTS) is 1. The molecule has 0 atom stereocenters. The second-order valence-electron chi connectivity index (χ2n) is 9.51. The summed E-state index contributed by atoms with van der Waals surface area (Å²) in [6.45, 7) is 0.656. The molecular weight excluding hydrogens is 652 g/mol. The quantitative estimate of drug-likeness (QED) is 0.111. The van der Waals surface area contributed by atoms with E-state index in [2.05, 4.69) is 28.1 Å². The van der Waals surface area contributed by atoms with Crippen molar-refractivity contribution in [1.82, 2.24) is 0 Å². The van der Waals surface area contributed by atoms with E-state index in [0.717, 1.165) is 16.5 Å². The van der Waals surface area contributed by atoms with Crippen molar-refractivity contribution in [2.45, 2.75) is 18.5 Å². The maximum absolute atomic E-state index is 12.3. The number of rotatable bonds is 10. The normalized spacial score (nSPS) is 9.80. The number of phenolic OH excluding ortho intramolecular Hbond substituents is 1. The number of carbonyl (C=O) groups is 2. The fourth-order valence-corrected chi connectivity index (χ4v) is 4.21. The van der Waals surface area contributed by atoms with E-state index < -0.39 is 11.9 Å². The summed E-state index contributed by atoms with van der Waals surface area (Å²) in [7, 11) is 2.91. The van der Waals surface area contributed by atoms with Crippen LogP contribution in [0.25, 0.3) is 0 Å². The van der Waals surface area contributed by atoms with Gasteiger partial charge in [0, 0.05) is 5.33 Å². The molecular formula is C37H35BrO8. The molecule has 46 heavy (non-hydrogen) atoms. The number of esters is 1. The van der Waals surface area contributed by atoms with Crippen LogP contribution in [0.5, 0.6) is 23.0 Å². The zero-order valence-corrected chi connectivity index (χ0v) is 27.1. The molecule has 0 bridgehead atoms. The molecule has 0 aliphatic rings. The fourth-order valence-electron chi connectivity index (χ4n) is 3.83. The number of carbonyl (C=O) groups excluding carboxylic acids is 1. The largest absolute Gasteiger partial charge is 0.504 e. The van der Waals surface area contributed by atoms with Crippen LogP contribution in [-0.4, -0.2) is 36.4 Å². The number of aromatic carboxylic acids is 1. The summed E-state index contributed by atoms with van der Waals surface area (Å²) in [6.07, 6.45) is 0. The Bertz CT molecular complexity index is 1640. The molecule has 0 heterocycles. The first kappa shape index (κ1) is 35.2. The number of alkyl halides is 1. The summed E-state index contributed by atoms with van der Waals surface area (Å²) in [4.78, 5) is 22.7. The highest BCUT2D eigenvalue weighted by atomic mass is 79.9. The lowest BCUT2D eigenvalue weighted by atomic mass is 10.2. The van der Waals surface area contributed by atoms with E-state index in [9.17, 15) is 9.59 Å². The number of halogens is 1. The van der Waals surface area contributed by atoms with Crippen LogP contribution in [0.1, 0.15) is 37.4 Å². The molecule has 2 N–H and O–H groups in total. The third kappa shape index (κ3) is 11.7. The van der Waals surface area contributed by atoms with E-state index in [1.54, 1.807) is 25.3 Å². The number of carboxylic acids is 1. The number of phenols is 1. The summed E-state index contributed by atoms with van der Waals surface area (Å²) < 4.78 is 21.2. The van der Waals surface area contributed by atoms with Crippen LogP contribution in [0.4, 0.5) is 0 Å². The molecule has 0 unspecified atom stereocenters. The van der Waals surface area contributed by atoms with Gasteiger partial charge in [0.05, 0.1) is 25.3 Å². The molecule has 238 valence electrons. The first-order chi connectivity index (χ1) is 22.3. The lowest BCUT2D eigenvalue weighted by Crippen LogP contribution is -2.06. The van der Waals surface area contributed by atoms with Gasteiger partial charge in [-0.1, -0.05) is 107 Å². The highest BCUT2D eigenvalue weighted by Gasteiger charge is 2.13. The number of aromatic hydroxyl groups is 1. The van der Waals surface area contributed by atoms with Crippen LogP contribution >= 0.6 is 15.9 Å². The van der Waals surface area contributed by atoms with E-state index in [1.807, 2.05) is 78.9 Å². The van der Waals surface area contributed by atoms with Gasteiger partial charge >= 0.3 is 11.9 Å². The number of methoxy groups -OCH3 is 2. The number of benzene rings is 5. The van der Waals surface area contributed by atoms with Gasteiger partial charge in [0.1, 0.15) is 13.2 Å². The van der Waals surface area contributed by atoms with Crippen LogP contribution in [0, 0.1) is 0 Å². The third-order valence-electron chi connectivity index (χ3n) is 6.27. The molecule has 0 aliphatic heterocycles. The average molecular weight is 688 g/mol. The number of hydrogen-bond acceptors (Lipinski definition) is 7. The standard InChI is InChI=1S/C22H20O4.C8H8O4.C7H7Br/c1-24-21-14-19(22(23)26-16-18-10-6-3-7-11-18)12-13-20(21)25-15-17-8-4-2-5-9-17;1-12-7-4-5(8(10)11)2-3-6(7)9;8-6-7-4-2-1-3-5-7/h2-14H,15-16H2,1H3;2-4,9H,1H3,(H,10,11);1-5H,6H2. The molecule has 0 saturated carbocycles. The Labute approximate surface area is 276 Å². The lowest BCUT2D eigenvalue weighted by Gasteiger charge is -2.12. The molecule has 5 rings (SSSR count). The first-order valence-electron chi connectivity index (χ1n) is 14.1. The van der Waals surface area contributed by atoms with Crippen molar-refractivity contribution in [1.29, 1.82) is 0 Å². The van der Waals surface area contributed by atoms with Gasteiger partial charge in [0.25, 0.3) is 0 Å². The van der Waals surface area contributed by atoms with Gasteiger partial charge in [-0.25, -0.2) is 9.59 Å². The van der Waals surface area contributed by atoms with Crippen molar-refractivity contribution < 1.29 is 38.7 Å². The van der Waals surface area contributed by atoms with Gasteiger partial charge in [0.15, 0.2) is 23.0 Å². The molecule has 9 heteroatoms. The maximum atomic E-state index is 12.3. The molecule has 5 aromatic carbocycles. The Morgan fingerprint density at radius 2 is 1.11 bits per heavy atom. The molecule has 5 aromatic rings. The minimum atomic E-state index is -1.05. The number of hydrogen-bond donors (Lipinski definition) is 2. The van der Waals surface area contributed by atoms with Gasteiger partial charge in [0.2, 0.25) is 0 Å². The molecule has 0 fully saturated rings. The number of ether oxygens (including phenoxy) is 4. The third-order valence-corrected chi connectivity index (χ3v) is 6.92. The Morgan fingerprint density at radius 3 is 1.61 bits per heavy atom. The fraction of sp³-hybridized carbons (Fsp3) is 0.135. The molecule has 0 amide bonds. The highest BCUT2D eigenvalue weighted by Crippen LogP contribution is 2.29. The summed E-state index contributed by atoms with van der Waals surface area (Å²) in [5.41, 5.74) is 3.83. The average Bonchev–Trinajstić information content (AvgIpc) is 3.11. The minimum Gasteiger partial charge on any atom is -0.504 e. The summed E-state index contributed by atoms with van der Waals surface area (Å²) in [5.74, 6) is -0.279. The Morgan fingerprint density at radius 1 is 0.609 bits per heavy atom. The van der Waals surface area contributed by atoms with Crippen LogP contribution in [0.3, 0.4) is 0 Å². The predicted molar refractivity (Wildman–Crippen MR) is 180 cm³/mol. The lowest BCUT2D eigenvalue weighted by molar-refractivity contribution is 0.0472. The molecule has 0 radical (unpaired) electrons. The van der Waals surface area contributed by atoms with E-state index in [4.69, 9.17) is 29.2 Å². The molecule has 0 aliphatic carbocycles. The van der Waals surface area contributed by atoms with Crippen molar-refractivity contribution in [3.8, 4) is 23.0 Å². The molecule has 8 nitrogen and oxygen atoms in total. The van der Waals surface area contributed by atoms with Crippen LogP contribution < -0.4 is 14.2 Å². The molecule has 0 saturated heterocycles. The van der Waals surface area contributed by atoms with Crippen LogP contribution in [0.2, 0.25) is 0 Å². The summed E-state index contributed by atoms with van der Waals surface area (Å²) >= 11 is 3.36. The van der Waals surface area contributed by atoms with E-state index in [0.29, 0.717) is 23.7 Å². The van der Waals surface area contributed by atoms with Gasteiger partial charge in [-0.05, 0) is 53.1 Å². The van der Waals surface area contributed by atoms with Gasteiger partial charge in [-0.15, -0.1) is 0 Å². The Kier molecular flexibility index (Phi) is 14.7. The summed E-state index contributed by atoms with van der Waals surface area (Å²) in [6, 6.07) is 38.6. The molecule has 0 spiro atoms.